The molecule has 3 rings (SSSR count). The van der Waals surface area contributed by atoms with Gasteiger partial charge in [-0.15, -0.1) is 0 Å². The van der Waals surface area contributed by atoms with E-state index >= 15 is 0 Å². The van der Waals surface area contributed by atoms with Crippen LogP contribution in [-0.4, -0.2) is 74.6 Å². The van der Waals surface area contributed by atoms with Gasteiger partial charge in [-0.3, -0.25) is 0 Å². The Hall–Kier alpha value is -2.79. The largest absolute Gasteiger partial charge is 0.486 e. The van der Waals surface area contributed by atoms with Gasteiger partial charge < -0.3 is 24.2 Å². The SMILES string of the molecule is CC(=C(C#N)C(=S)N=CN(C)C)N1CCCN(c2ccc3c(c2)OCCO3)CC1. The van der Waals surface area contributed by atoms with E-state index in [2.05, 4.69) is 33.0 Å². The maximum absolute atomic E-state index is 9.63. The molecule has 0 atom stereocenters. The van der Waals surface area contributed by atoms with Gasteiger partial charge in [0.05, 0.1) is 6.34 Å². The molecule has 1 saturated heterocycles. The lowest BCUT2D eigenvalue weighted by Gasteiger charge is -2.27. The molecular formula is C21H27N5O2S. The fraction of sp³-hybridized carbons (Fsp3) is 0.476. The number of anilines is 1. The quantitative estimate of drug-likeness (QED) is 0.247. The lowest BCUT2D eigenvalue weighted by atomic mass is 10.2. The number of fused-ring (bicyclic) bond motifs is 1. The first-order valence-corrected chi connectivity index (χ1v) is 10.2. The number of nitrogens with zero attached hydrogens (tertiary/aromatic N) is 5. The molecule has 0 aromatic heterocycles. The molecule has 8 heteroatoms. The average molecular weight is 414 g/mol. The van der Waals surface area contributed by atoms with E-state index in [1.807, 2.05) is 27.1 Å². The minimum absolute atomic E-state index is 0.326. The van der Waals surface area contributed by atoms with E-state index in [9.17, 15) is 5.26 Å². The Morgan fingerprint density at radius 1 is 1.17 bits per heavy atom. The molecule has 1 fully saturated rings. The molecular weight excluding hydrogens is 386 g/mol. The van der Waals surface area contributed by atoms with Crippen LogP contribution in [0.4, 0.5) is 5.69 Å². The molecule has 0 saturated carbocycles. The molecule has 0 amide bonds. The maximum Gasteiger partial charge on any atom is 0.163 e. The number of nitriles is 1. The van der Waals surface area contributed by atoms with Crippen molar-refractivity contribution in [2.24, 2.45) is 4.99 Å². The van der Waals surface area contributed by atoms with Gasteiger partial charge in [0.25, 0.3) is 0 Å². The molecule has 2 aliphatic heterocycles. The van der Waals surface area contributed by atoms with Crippen LogP contribution >= 0.6 is 12.2 Å². The number of hydrogen-bond acceptors (Lipinski definition) is 6. The summed E-state index contributed by atoms with van der Waals surface area (Å²) in [5.41, 5.74) is 2.48. The van der Waals surface area contributed by atoms with Crippen molar-refractivity contribution in [3.8, 4) is 17.6 Å². The third-order valence-electron chi connectivity index (χ3n) is 4.95. The first-order valence-electron chi connectivity index (χ1n) is 9.75. The zero-order chi connectivity index (χ0) is 20.8. The molecule has 0 unspecified atom stereocenters. The van der Waals surface area contributed by atoms with Gasteiger partial charge in [0, 0.05) is 57.7 Å². The third-order valence-corrected chi connectivity index (χ3v) is 5.26. The molecule has 29 heavy (non-hydrogen) atoms. The zero-order valence-electron chi connectivity index (χ0n) is 17.2. The Balaban J connectivity index is 1.72. The summed E-state index contributed by atoms with van der Waals surface area (Å²) in [6.07, 6.45) is 2.61. The molecule has 2 heterocycles. The second-order valence-corrected chi connectivity index (χ2v) is 7.63. The standard InChI is InChI=1S/C21H27N5O2S/c1-16(18(14-22)21(29)23-15-24(2)3)25-7-4-8-26(10-9-25)17-5-6-19-20(13-17)28-12-11-27-19/h5-6,13,15H,4,7-12H2,1-3H3. The summed E-state index contributed by atoms with van der Waals surface area (Å²) in [5, 5.41) is 9.63. The summed E-state index contributed by atoms with van der Waals surface area (Å²) in [6.45, 7) is 6.61. The number of aliphatic imine (C=N–C) groups is 1. The molecule has 0 N–H and O–H groups in total. The summed E-state index contributed by atoms with van der Waals surface area (Å²) in [6, 6.07) is 8.35. The van der Waals surface area contributed by atoms with Crippen molar-refractivity contribution >= 4 is 29.2 Å². The Kier molecular flexibility index (Phi) is 6.94. The number of benzene rings is 1. The van der Waals surface area contributed by atoms with E-state index in [1.54, 1.807) is 11.2 Å². The maximum atomic E-state index is 9.63. The zero-order valence-corrected chi connectivity index (χ0v) is 18.0. The minimum atomic E-state index is 0.326. The molecule has 0 spiro atoms. The number of rotatable bonds is 4. The second kappa shape index (κ2) is 9.61. The molecule has 1 aromatic rings. The lowest BCUT2D eigenvalue weighted by molar-refractivity contribution is 0.171. The highest BCUT2D eigenvalue weighted by atomic mass is 32.1. The van der Waals surface area contributed by atoms with E-state index in [4.69, 9.17) is 21.7 Å². The van der Waals surface area contributed by atoms with Crippen molar-refractivity contribution in [3.63, 3.8) is 0 Å². The van der Waals surface area contributed by atoms with E-state index in [0.717, 1.165) is 55.5 Å². The van der Waals surface area contributed by atoms with Gasteiger partial charge in [-0.1, -0.05) is 12.2 Å². The Bertz CT molecular complexity index is 859. The Morgan fingerprint density at radius 3 is 2.66 bits per heavy atom. The second-order valence-electron chi connectivity index (χ2n) is 7.24. The summed E-state index contributed by atoms with van der Waals surface area (Å²) in [5.74, 6) is 1.61. The summed E-state index contributed by atoms with van der Waals surface area (Å²) in [4.78, 5) is 10.9. The average Bonchev–Trinajstić information content (AvgIpc) is 2.98. The highest BCUT2D eigenvalue weighted by Crippen LogP contribution is 2.34. The predicted octanol–water partition coefficient (Wildman–Crippen LogP) is 2.68. The van der Waals surface area contributed by atoms with Crippen LogP contribution < -0.4 is 14.4 Å². The van der Waals surface area contributed by atoms with Gasteiger partial charge in [0.2, 0.25) is 0 Å². The highest BCUT2D eigenvalue weighted by Gasteiger charge is 2.20. The molecule has 154 valence electrons. The van der Waals surface area contributed by atoms with Crippen LogP contribution in [0.15, 0.2) is 34.5 Å². The topological polar surface area (TPSA) is 64.3 Å². The fourth-order valence-corrected chi connectivity index (χ4v) is 3.65. The van der Waals surface area contributed by atoms with Gasteiger partial charge in [0.1, 0.15) is 29.8 Å². The van der Waals surface area contributed by atoms with Crippen LogP contribution in [0.2, 0.25) is 0 Å². The van der Waals surface area contributed by atoms with Gasteiger partial charge in [-0.05, 0) is 25.5 Å². The minimum Gasteiger partial charge on any atom is -0.486 e. The van der Waals surface area contributed by atoms with Crippen LogP contribution in [0, 0.1) is 11.3 Å². The van der Waals surface area contributed by atoms with E-state index in [0.29, 0.717) is 23.8 Å². The summed E-state index contributed by atoms with van der Waals surface area (Å²) in [7, 11) is 3.74. The van der Waals surface area contributed by atoms with Crippen molar-refractivity contribution in [1.82, 2.24) is 9.80 Å². The van der Waals surface area contributed by atoms with Crippen molar-refractivity contribution in [3.05, 3.63) is 29.5 Å². The molecule has 7 nitrogen and oxygen atoms in total. The van der Waals surface area contributed by atoms with Gasteiger partial charge in [-0.25, -0.2) is 4.99 Å². The number of ether oxygens (including phenoxy) is 2. The third kappa shape index (κ3) is 5.18. The first-order chi connectivity index (χ1) is 14.0. The molecule has 0 radical (unpaired) electrons. The fourth-order valence-electron chi connectivity index (χ4n) is 3.41. The van der Waals surface area contributed by atoms with E-state index < -0.39 is 0 Å². The number of allylic oxidation sites excluding steroid dienone is 1. The Labute approximate surface area is 177 Å². The van der Waals surface area contributed by atoms with Gasteiger partial charge >= 0.3 is 0 Å². The molecule has 0 bridgehead atoms. The molecule has 2 aliphatic rings. The predicted molar refractivity (Wildman–Crippen MR) is 119 cm³/mol. The number of hydrogen-bond donors (Lipinski definition) is 0. The van der Waals surface area contributed by atoms with Crippen molar-refractivity contribution in [2.45, 2.75) is 13.3 Å². The summed E-state index contributed by atoms with van der Waals surface area (Å²) >= 11 is 5.36. The van der Waals surface area contributed by atoms with Crippen LogP contribution in [-0.2, 0) is 0 Å². The van der Waals surface area contributed by atoms with Crippen LogP contribution in [0.25, 0.3) is 0 Å². The smallest absolute Gasteiger partial charge is 0.163 e. The Morgan fingerprint density at radius 2 is 1.93 bits per heavy atom. The van der Waals surface area contributed by atoms with Crippen LogP contribution in [0.1, 0.15) is 13.3 Å². The van der Waals surface area contributed by atoms with Gasteiger partial charge in [0.15, 0.2) is 11.5 Å². The van der Waals surface area contributed by atoms with Crippen molar-refractivity contribution in [1.29, 1.82) is 5.26 Å². The van der Waals surface area contributed by atoms with Crippen LogP contribution in [0.3, 0.4) is 0 Å². The monoisotopic (exact) mass is 413 g/mol. The van der Waals surface area contributed by atoms with E-state index in [1.165, 1.54) is 0 Å². The van der Waals surface area contributed by atoms with Crippen LogP contribution in [0.5, 0.6) is 11.5 Å². The van der Waals surface area contributed by atoms with Crippen molar-refractivity contribution < 1.29 is 9.47 Å². The first kappa shape index (κ1) is 20.9. The van der Waals surface area contributed by atoms with Gasteiger partial charge in [-0.2, -0.15) is 5.26 Å². The summed E-state index contributed by atoms with van der Waals surface area (Å²) < 4.78 is 11.3. The normalized spacial score (nSPS) is 17.4. The van der Waals surface area contributed by atoms with Crippen molar-refractivity contribution in [2.75, 3.05) is 58.4 Å². The van der Waals surface area contributed by atoms with E-state index in [-0.39, 0.29) is 0 Å². The lowest BCUT2D eigenvalue weighted by Crippen LogP contribution is -2.30. The molecule has 1 aromatic carbocycles. The highest BCUT2D eigenvalue weighted by molar-refractivity contribution is 7.80. The molecule has 0 aliphatic carbocycles. The number of thiocarbonyl (C=S) groups is 1.